The van der Waals surface area contributed by atoms with E-state index in [0.29, 0.717) is 5.92 Å². The summed E-state index contributed by atoms with van der Waals surface area (Å²) >= 11 is 3.51. The number of aromatic nitrogens is 3. The lowest BCUT2D eigenvalue weighted by molar-refractivity contribution is 0.584. The Morgan fingerprint density at radius 3 is 3.20 bits per heavy atom. The second kappa shape index (κ2) is 3.17. The normalized spacial score (nSPS) is 18.4. The van der Waals surface area contributed by atoms with Gasteiger partial charge in [-0.2, -0.15) is 0 Å². The van der Waals surface area contributed by atoms with Crippen LogP contribution in [-0.4, -0.2) is 14.8 Å². The Balaban J connectivity index is 2.28. The predicted molar refractivity (Wildman–Crippen MR) is 61.6 cm³/mol. The van der Waals surface area contributed by atoms with Crippen LogP contribution in [0.2, 0.25) is 0 Å². The van der Waals surface area contributed by atoms with Crippen LogP contribution in [0.5, 0.6) is 0 Å². The molecule has 0 bridgehead atoms. The van der Waals surface area contributed by atoms with Gasteiger partial charge in [0, 0.05) is 16.6 Å². The number of benzene rings is 1. The molecule has 1 atom stereocenters. The second-order valence-electron chi connectivity index (χ2n) is 3.94. The third-order valence-electron chi connectivity index (χ3n) is 2.87. The fourth-order valence-corrected chi connectivity index (χ4v) is 2.51. The fraction of sp³-hybridized carbons (Fsp3) is 0.273. The molecule has 1 aliphatic rings. The van der Waals surface area contributed by atoms with E-state index < -0.39 is 0 Å². The molecular formula is C11H10BrN3. The molecule has 4 heteroatoms. The summed E-state index contributed by atoms with van der Waals surface area (Å²) in [6.45, 7) is 3.19. The SMILES string of the molecule is CC1Cn2cnnc2-c2ccc(Br)cc21. The zero-order chi connectivity index (χ0) is 10.4. The molecule has 2 aromatic rings. The van der Waals surface area contributed by atoms with Crippen molar-refractivity contribution in [1.29, 1.82) is 0 Å². The molecule has 1 unspecified atom stereocenters. The van der Waals surface area contributed by atoms with E-state index in [4.69, 9.17) is 0 Å². The standard InChI is InChI=1S/C11H10BrN3/c1-7-5-15-6-13-14-11(15)9-3-2-8(12)4-10(7)9/h2-4,6-7H,5H2,1H3. The topological polar surface area (TPSA) is 30.7 Å². The summed E-state index contributed by atoms with van der Waals surface area (Å²) in [5.41, 5.74) is 2.55. The van der Waals surface area contributed by atoms with Crippen LogP contribution in [0.3, 0.4) is 0 Å². The van der Waals surface area contributed by atoms with E-state index in [9.17, 15) is 0 Å². The minimum Gasteiger partial charge on any atom is -0.313 e. The number of fused-ring (bicyclic) bond motifs is 3. The molecule has 0 fully saturated rings. The van der Waals surface area contributed by atoms with Crippen LogP contribution < -0.4 is 0 Å². The van der Waals surface area contributed by atoms with Crippen molar-refractivity contribution in [2.45, 2.75) is 19.4 Å². The lowest BCUT2D eigenvalue weighted by atomic mass is 9.92. The van der Waals surface area contributed by atoms with Crippen LogP contribution in [0, 0.1) is 0 Å². The van der Waals surface area contributed by atoms with E-state index in [1.165, 1.54) is 11.1 Å². The molecule has 1 aromatic carbocycles. The highest BCUT2D eigenvalue weighted by Crippen LogP contribution is 2.35. The maximum absolute atomic E-state index is 4.16. The monoisotopic (exact) mass is 263 g/mol. The van der Waals surface area contributed by atoms with Gasteiger partial charge in [-0.1, -0.05) is 22.9 Å². The largest absolute Gasteiger partial charge is 0.313 e. The Morgan fingerprint density at radius 2 is 2.33 bits per heavy atom. The van der Waals surface area contributed by atoms with E-state index in [-0.39, 0.29) is 0 Å². The first-order valence-corrected chi connectivity index (χ1v) is 5.72. The van der Waals surface area contributed by atoms with Crippen molar-refractivity contribution in [1.82, 2.24) is 14.8 Å². The molecule has 0 aliphatic carbocycles. The van der Waals surface area contributed by atoms with Gasteiger partial charge >= 0.3 is 0 Å². The van der Waals surface area contributed by atoms with E-state index >= 15 is 0 Å². The molecule has 1 aromatic heterocycles. The third-order valence-corrected chi connectivity index (χ3v) is 3.36. The van der Waals surface area contributed by atoms with Crippen LogP contribution in [0.25, 0.3) is 11.4 Å². The quantitative estimate of drug-likeness (QED) is 0.732. The third kappa shape index (κ3) is 1.32. The first kappa shape index (κ1) is 9.09. The Hall–Kier alpha value is -1.16. The minimum atomic E-state index is 0.515. The Labute approximate surface area is 96.3 Å². The second-order valence-corrected chi connectivity index (χ2v) is 4.86. The van der Waals surface area contributed by atoms with Gasteiger partial charge in [-0.05, 0) is 29.7 Å². The molecule has 0 radical (unpaired) electrons. The van der Waals surface area contributed by atoms with E-state index in [0.717, 1.165) is 16.8 Å². The number of hydrogen-bond acceptors (Lipinski definition) is 2. The van der Waals surface area contributed by atoms with Crippen LogP contribution in [0.4, 0.5) is 0 Å². The summed E-state index contributed by atoms with van der Waals surface area (Å²) in [6.07, 6.45) is 1.80. The molecule has 0 N–H and O–H groups in total. The van der Waals surface area contributed by atoms with Crippen molar-refractivity contribution in [3.05, 3.63) is 34.6 Å². The van der Waals surface area contributed by atoms with Gasteiger partial charge in [0.1, 0.15) is 6.33 Å². The van der Waals surface area contributed by atoms with Crippen molar-refractivity contribution < 1.29 is 0 Å². The van der Waals surface area contributed by atoms with Crippen LogP contribution in [-0.2, 0) is 6.54 Å². The molecule has 3 rings (SSSR count). The van der Waals surface area contributed by atoms with Crippen LogP contribution >= 0.6 is 15.9 Å². The minimum absolute atomic E-state index is 0.515. The highest BCUT2D eigenvalue weighted by molar-refractivity contribution is 9.10. The number of rotatable bonds is 0. The van der Waals surface area contributed by atoms with Gasteiger partial charge in [-0.3, -0.25) is 0 Å². The Bertz CT molecular complexity index is 518. The maximum Gasteiger partial charge on any atom is 0.164 e. The van der Waals surface area contributed by atoms with Crippen molar-refractivity contribution in [2.24, 2.45) is 0 Å². The lowest BCUT2D eigenvalue weighted by Crippen LogP contribution is -2.14. The van der Waals surface area contributed by atoms with Gasteiger partial charge in [0.2, 0.25) is 0 Å². The summed E-state index contributed by atoms with van der Waals surface area (Å²) in [7, 11) is 0. The van der Waals surface area contributed by atoms with E-state index in [1.54, 1.807) is 6.33 Å². The first-order chi connectivity index (χ1) is 7.25. The van der Waals surface area contributed by atoms with Crippen LogP contribution in [0.1, 0.15) is 18.4 Å². The zero-order valence-corrected chi connectivity index (χ0v) is 9.90. The molecule has 2 heterocycles. The Morgan fingerprint density at radius 1 is 1.47 bits per heavy atom. The molecule has 76 valence electrons. The van der Waals surface area contributed by atoms with Crippen LogP contribution in [0.15, 0.2) is 29.0 Å². The number of nitrogens with zero attached hydrogens (tertiary/aromatic N) is 3. The summed E-state index contributed by atoms with van der Waals surface area (Å²) < 4.78 is 3.24. The average Bonchev–Trinajstić information content (AvgIpc) is 2.66. The van der Waals surface area contributed by atoms with Crippen molar-refractivity contribution in [3.8, 4) is 11.4 Å². The lowest BCUT2D eigenvalue weighted by Gasteiger charge is -2.23. The molecule has 3 nitrogen and oxygen atoms in total. The number of halogens is 1. The molecule has 0 amide bonds. The first-order valence-electron chi connectivity index (χ1n) is 4.93. The smallest absolute Gasteiger partial charge is 0.164 e. The van der Waals surface area contributed by atoms with Crippen molar-refractivity contribution in [2.75, 3.05) is 0 Å². The van der Waals surface area contributed by atoms with Gasteiger partial charge in [0.25, 0.3) is 0 Å². The number of hydrogen-bond donors (Lipinski definition) is 0. The van der Waals surface area contributed by atoms with Gasteiger partial charge < -0.3 is 4.57 Å². The maximum atomic E-state index is 4.16. The molecule has 15 heavy (non-hydrogen) atoms. The zero-order valence-electron chi connectivity index (χ0n) is 8.31. The van der Waals surface area contributed by atoms with Crippen molar-refractivity contribution >= 4 is 15.9 Å². The predicted octanol–water partition coefficient (Wildman–Crippen LogP) is 2.82. The fourth-order valence-electron chi connectivity index (χ4n) is 2.14. The van der Waals surface area contributed by atoms with Gasteiger partial charge in [-0.15, -0.1) is 10.2 Å². The van der Waals surface area contributed by atoms with Gasteiger partial charge in [-0.25, -0.2) is 0 Å². The summed E-state index contributed by atoms with van der Waals surface area (Å²) in [5.74, 6) is 1.50. The van der Waals surface area contributed by atoms with E-state index in [2.05, 4.69) is 55.8 Å². The molecular weight excluding hydrogens is 254 g/mol. The van der Waals surface area contributed by atoms with E-state index in [1.807, 2.05) is 0 Å². The molecule has 0 spiro atoms. The molecule has 0 saturated heterocycles. The highest BCUT2D eigenvalue weighted by Gasteiger charge is 2.22. The van der Waals surface area contributed by atoms with Gasteiger partial charge in [0.05, 0.1) is 0 Å². The van der Waals surface area contributed by atoms with Gasteiger partial charge in [0.15, 0.2) is 5.82 Å². The molecule has 1 aliphatic heterocycles. The summed E-state index contributed by atoms with van der Waals surface area (Å²) in [4.78, 5) is 0. The molecule has 0 saturated carbocycles. The summed E-state index contributed by atoms with van der Waals surface area (Å²) in [6, 6.07) is 6.34. The summed E-state index contributed by atoms with van der Waals surface area (Å²) in [5, 5.41) is 8.12. The average molecular weight is 264 g/mol. The Kier molecular flexibility index (Phi) is 1.92. The highest BCUT2D eigenvalue weighted by atomic mass is 79.9. The van der Waals surface area contributed by atoms with Crippen molar-refractivity contribution in [3.63, 3.8) is 0 Å².